The molecule has 5 atom stereocenters. The van der Waals surface area contributed by atoms with E-state index in [1.165, 1.54) is 0 Å². The van der Waals surface area contributed by atoms with E-state index in [-0.39, 0.29) is 12.0 Å². The maximum atomic E-state index is 10.5. The van der Waals surface area contributed by atoms with Crippen LogP contribution in [0.5, 0.6) is 0 Å². The highest BCUT2D eigenvalue weighted by Gasteiger charge is 2.47. The summed E-state index contributed by atoms with van der Waals surface area (Å²) in [6, 6.07) is 10.7. The lowest BCUT2D eigenvalue weighted by molar-refractivity contribution is -0.0417. The van der Waals surface area contributed by atoms with Crippen LogP contribution in [0, 0.1) is 5.92 Å². The first kappa shape index (κ1) is 15.4. The number of aliphatic hydroxyl groups is 1. The fourth-order valence-electron chi connectivity index (χ4n) is 3.86. The number of aliphatic hydroxyl groups excluding tert-OH is 1. The fourth-order valence-corrected chi connectivity index (χ4v) is 5.29. The van der Waals surface area contributed by atoms with Crippen molar-refractivity contribution < 1.29 is 14.7 Å². The molecule has 2 aliphatic rings. The smallest absolute Gasteiger partial charge is 0.0707 e. The minimum absolute atomic E-state index is 0.174. The average Bonchev–Trinajstić information content (AvgIpc) is 2.79. The molecule has 0 radical (unpaired) electrons. The highest BCUT2D eigenvalue weighted by Crippen LogP contribution is 2.43. The molecular weight excluding hydrogens is 285 g/mol. The summed E-state index contributed by atoms with van der Waals surface area (Å²) in [6.45, 7) is 0.601. The van der Waals surface area contributed by atoms with Gasteiger partial charge in [0.15, 0.2) is 0 Å². The summed E-state index contributed by atoms with van der Waals surface area (Å²) >= 11 is 0. The minimum atomic E-state index is -1.15. The van der Waals surface area contributed by atoms with Crippen molar-refractivity contribution >= 4 is 13.5 Å². The summed E-state index contributed by atoms with van der Waals surface area (Å²) in [5.41, 5.74) is 0. The summed E-state index contributed by atoms with van der Waals surface area (Å²) in [4.78, 5) is 13.0. The molecule has 0 aromatic heterocycles. The van der Waals surface area contributed by atoms with Crippen molar-refractivity contribution in [2.45, 2.75) is 37.5 Å². The summed E-state index contributed by atoms with van der Waals surface area (Å²) in [6.07, 6.45) is 3.48. The Morgan fingerprint density at radius 2 is 2.05 bits per heavy atom. The van der Waals surface area contributed by atoms with Gasteiger partial charge in [-0.05, 0) is 19.3 Å². The Kier molecular flexibility index (Phi) is 4.92. The predicted molar refractivity (Wildman–Crippen MR) is 84.7 cm³/mol. The molecule has 0 amide bonds. The molecule has 1 aromatic rings. The summed E-state index contributed by atoms with van der Waals surface area (Å²) in [5.74, 6) is 0.174. The first-order chi connectivity index (χ1) is 10.2. The first-order valence-corrected chi connectivity index (χ1v) is 9.13. The number of rotatable bonds is 5. The molecular formula is C16H24NO3P. The summed E-state index contributed by atoms with van der Waals surface area (Å²) in [7, 11) is 0.545. The van der Waals surface area contributed by atoms with E-state index >= 15 is 0 Å². The van der Waals surface area contributed by atoms with Gasteiger partial charge in [0.1, 0.15) is 0 Å². The zero-order chi connectivity index (χ0) is 14.8. The topological polar surface area (TPSA) is 52.9 Å². The third kappa shape index (κ3) is 3.15. The van der Waals surface area contributed by atoms with E-state index < -0.39 is 8.15 Å². The van der Waals surface area contributed by atoms with Crippen molar-refractivity contribution in [3.63, 3.8) is 0 Å². The van der Waals surface area contributed by atoms with Gasteiger partial charge in [0, 0.05) is 36.7 Å². The van der Waals surface area contributed by atoms with Gasteiger partial charge < -0.3 is 14.7 Å². The quantitative estimate of drug-likeness (QED) is 0.810. The average molecular weight is 309 g/mol. The molecule has 5 heteroatoms. The lowest BCUT2D eigenvalue weighted by atomic mass is 9.88. The Bertz CT molecular complexity index is 458. The second-order valence-corrected chi connectivity index (χ2v) is 7.71. The van der Waals surface area contributed by atoms with E-state index in [1.54, 1.807) is 7.11 Å². The second kappa shape index (κ2) is 6.72. The fraction of sp³-hybridized carbons (Fsp3) is 0.625. The number of methoxy groups -OCH3 is 1. The monoisotopic (exact) mass is 309 g/mol. The van der Waals surface area contributed by atoms with Crippen LogP contribution in [-0.4, -0.2) is 53.1 Å². The number of piperidine rings is 1. The van der Waals surface area contributed by atoms with Gasteiger partial charge in [-0.2, -0.15) is 0 Å². The lowest BCUT2D eigenvalue weighted by Crippen LogP contribution is -2.52. The highest BCUT2D eigenvalue weighted by atomic mass is 31.1. The van der Waals surface area contributed by atoms with Crippen LogP contribution in [-0.2, 0) is 4.74 Å². The van der Waals surface area contributed by atoms with Crippen molar-refractivity contribution in [2.75, 3.05) is 20.0 Å². The van der Waals surface area contributed by atoms with E-state index in [1.807, 2.05) is 30.3 Å². The molecule has 0 aliphatic carbocycles. The molecule has 2 saturated heterocycles. The Labute approximate surface area is 127 Å². The van der Waals surface area contributed by atoms with E-state index in [9.17, 15) is 10.00 Å². The van der Waals surface area contributed by atoms with Crippen molar-refractivity contribution in [2.24, 2.45) is 5.92 Å². The minimum Gasteiger partial charge on any atom is -0.393 e. The Balaban J connectivity index is 1.71. The van der Waals surface area contributed by atoms with Gasteiger partial charge in [-0.25, -0.2) is 0 Å². The summed E-state index contributed by atoms with van der Waals surface area (Å²) < 4.78 is 5.30. The zero-order valence-electron chi connectivity index (χ0n) is 12.4. The molecule has 4 unspecified atom stereocenters. The molecule has 3 rings (SSSR count). The molecule has 2 fully saturated rings. The maximum absolute atomic E-state index is 10.5. The highest BCUT2D eigenvalue weighted by molar-refractivity contribution is 7.59. The molecule has 2 aliphatic heterocycles. The molecule has 1 aromatic carbocycles. The van der Waals surface area contributed by atoms with Gasteiger partial charge in [-0.15, -0.1) is 0 Å². The van der Waals surface area contributed by atoms with E-state index in [0.29, 0.717) is 25.0 Å². The normalized spacial score (nSPS) is 34.0. The van der Waals surface area contributed by atoms with Crippen LogP contribution in [0.1, 0.15) is 19.3 Å². The van der Waals surface area contributed by atoms with Gasteiger partial charge >= 0.3 is 0 Å². The second-order valence-electron chi connectivity index (χ2n) is 6.11. The van der Waals surface area contributed by atoms with Gasteiger partial charge in [-0.1, -0.05) is 30.3 Å². The van der Waals surface area contributed by atoms with Crippen LogP contribution in [0.2, 0.25) is 0 Å². The molecule has 2 heterocycles. The van der Waals surface area contributed by atoms with Gasteiger partial charge in [-0.3, -0.25) is 4.90 Å². The number of nitrogens with zero attached hydrogens (tertiary/aromatic N) is 1. The van der Waals surface area contributed by atoms with Gasteiger partial charge in [0.25, 0.3) is 0 Å². The van der Waals surface area contributed by atoms with Crippen LogP contribution < -0.4 is 5.30 Å². The van der Waals surface area contributed by atoms with Crippen molar-refractivity contribution in [3.05, 3.63) is 30.3 Å². The molecule has 2 N–H and O–H groups in total. The Morgan fingerprint density at radius 3 is 2.76 bits per heavy atom. The molecule has 116 valence electrons. The zero-order valence-corrected chi connectivity index (χ0v) is 13.3. The number of ether oxygens (including phenoxy) is 1. The lowest BCUT2D eigenvalue weighted by Gasteiger charge is -2.43. The molecule has 0 saturated carbocycles. The Hall–Kier alpha value is -0.510. The van der Waals surface area contributed by atoms with Crippen LogP contribution in [0.25, 0.3) is 0 Å². The number of fused-ring (bicyclic) bond motifs is 2. The number of hydrogen-bond acceptors (Lipinski definition) is 4. The van der Waals surface area contributed by atoms with Crippen molar-refractivity contribution in [3.8, 4) is 0 Å². The standard InChI is InChI=1S/C16H24NO3P/c1-20-10-14-15-8-7-12(9-16(14)18)17(15)11-21(19)13-5-3-2-4-6-13/h2-6,12,14-16,18-19H,7-11H2,1H3/t12?,14?,15?,16-,21?/m0/s1. The van der Waals surface area contributed by atoms with E-state index in [4.69, 9.17) is 4.74 Å². The van der Waals surface area contributed by atoms with E-state index in [2.05, 4.69) is 4.90 Å². The SMILES string of the molecule is COCC1C2CCC(C[C@@H]1O)N2CP(O)c1ccccc1. The first-order valence-electron chi connectivity index (χ1n) is 7.65. The number of hydrogen-bond donors (Lipinski definition) is 2. The third-order valence-electron chi connectivity index (χ3n) is 4.90. The third-order valence-corrected chi connectivity index (χ3v) is 6.39. The van der Waals surface area contributed by atoms with Crippen LogP contribution in [0.4, 0.5) is 0 Å². The van der Waals surface area contributed by atoms with Gasteiger partial charge in [0.2, 0.25) is 0 Å². The largest absolute Gasteiger partial charge is 0.393 e. The van der Waals surface area contributed by atoms with Crippen molar-refractivity contribution in [1.29, 1.82) is 0 Å². The van der Waals surface area contributed by atoms with Crippen LogP contribution in [0.15, 0.2) is 30.3 Å². The molecule has 2 bridgehead atoms. The van der Waals surface area contributed by atoms with Crippen molar-refractivity contribution in [1.82, 2.24) is 4.90 Å². The van der Waals surface area contributed by atoms with E-state index in [0.717, 1.165) is 24.6 Å². The summed E-state index contributed by atoms with van der Waals surface area (Å²) in [5, 5.41) is 11.3. The van der Waals surface area contributed by atoms with Crippen LogP contribution >= 0.6 is 8.15 Å². The maximum Gasteiger partial charge on any atom is 0.0707 e. The predicted octanol–water partition coefficient (Wildman–Crippen LogP) is 1.52. The molecule has 0 spiro atoms. The van der Waals surface area contributed by atoms with Crippen LogP contribution in [0.3, 0.4) is 0 Å². The molecule has 21 heavy (non-hydrogen) atoms. The molecule has 4 nitrogen and oxygen atoms in total. The van der Waals surface area contributed by atoms with Gasteiger partial charge in [0.05, 0.1) is 20.9 Å². The Morgan fingerprint density at radius 1 is 1.29 bits per heavy atom. The number of benzene rings is 1.